The van der Waals surface area contributed by atoms with Crippen molar-refractivity contribution in [2.75, 3.05) is 6.54 Å². The molecule has 1 aromatic heterocycles. The minimum Gasteiger partial charge on any atom is -0.479 e. The van der Waals surface area contributed by atoms with E-state index in [1.165, 1.54) is 0 Å². The molecule has 0 saturated heterocycles. The predicted molar refractivity (Wildman–Crippen MR) is 58.1 cm³/mol. The average molecular weight is 241 g/mol. The molecule has 1 unspecified atom stereocenters. The van der Waals surface area contributed by atoms with E-state index in [0.717, 1.165) is 0 Å². The summed E-state index contributed by atoms with van der Waals surface area (Å²) >= 11 is 0. The van der Waals surface area contributed by atoms with Crippen LogP contribution >= 0.6 is 0 Å². The van der Waals surface area contributed by atoms with Crippen molar-refractivity contribution in [1.82, 2.24) is 14.9 Å². The number of carboxylic acids is 1. The molecule has 17 heavy (non-hydrogen) atoms. The van der Waals surface area contributed by atoms with Gasteiger partial charge in [-0.3, -0.25) is 4.79 Å². The first kappa shape index (κ1) is 13.2. The number of imidazole rings is 1. The number of aryl methyl sites for hydroxylation is 1. The lowest BCUT2D eigenvalue weighted by atomic mass is 10.2. The van der Waals surface area contributed by atoms with Gasteiger partial charge in [0.05, 0.1) is 6.33 Å². The first-order valence-corrected chi connectivity index (χ1v) is 5.23. The van der Waals surface area contributed by atoms with E-state index in [-0.39, 0.29) is 18.9 Å². The smallest absolute Gasteiger partial charge is 0.332 e. The van der Waals surface area contributed by atoms with Crippen molar-refractivity contribution < 1.29 is 19.8 Å². The normalized spacial score (nSPS) is 12.1. The summed E-state index contributed by atoms with van der Waals surface area (Å²) in [5.41, 5.74) is 0. The summed E-state index contributed by atoms with van der Waals surface area (Å²) in [6.07, 6.45) is 3.86. The van der Waals surface area contributed by atoms with E-state index in [1.807, 2.05) is 0 Å². The maximum absolute atomic E-state index is 11.3. The Hall–Kier alpha value is -1.89. The van der Waals surface area contributed by atoms with Crippen molar-refractivity contribution in [2.45, 2.75) is 25.5 Å². The van der Waals surface area contributed by atoms with Crippen LogP contribution in [0, 0.1) is 0 Å². The Morgan fingerprint density at radius 1 is 1.47 bits per heavy atom. The van der Waals surface area contributed by atoms with Gasteiger partial charge in [0.2, 0.25) is 5.91 Å². The Labute approximate surface area is 98.1 Å². The molecule has 1 aromatic rings. The van der Waals surface area contributed by atoms with Gasteiger partial charge in [-0.05, 0) is 0 Å². The maximum atomic E-state index is 11.3. The molecular formula is C10H15N3O4. The largest absolute Gasteiger partial charge is 0.479 e. The van der Waals surface area contributed by atoms with E-state index in [1.54, 1.807) is 23.3 Å². The molecule has 0 saturated carbocycles. The molecule has 1 atom stereocenters. The fourth-order valence-corrected chi connectivity index (χ4v) is 1.21. The number of carboxylic acid groups (broad SMARTS) is 1. The fraction of sp³-hybridized carbons (Fsp3) is 0.500. The average Bonchev–Trinajstić information content (AvgIpc) is 2.78. The summed E-state index contributed by atoms with van der Waals surface area (Å²) in [7, 11) is 0. The number of carbonyl (C=O) groups is 2. The highest BCUT2D eigenvalue weighted by Gasteiger charge is 2.12. The zero-order chi connectivity index (χ0) is 12.7. The molecule has 0 fully saturated rings. The van der Waals surface area contributed by atoms with Crippen LogP contribution in [-0.4, -0.2) is 44.3 Å². The van der Waals surface area contributed by atoms with Crippen LogP contribution in [0.25, 0.3) is 0 Å². The molecule has 1 amide bonds. The first-order chi connectivity index (χ1) is 8.09. The lowest BCUT2D eigenvalue weighted by Gasteiger charge is -2.07. The number of aliphatic carboxylic acids is 1. The van der Waals surface area contributed by atoms with E-state index in [4.69, 9.17) is 10.2 Å². The van der Waals surface area contributed by atoms with Crippen LogP contribution in [0.5, 0.6) is 0 Å². The molecule has 0 aliphatic heterocycles. The Kier molecular flexibility index (Phi) is 5.15. The third-order valence-corrected chi connectivity index (χ3v) is 2.18. The number of hydrogen-bond acceptors (Lipinski definition) is 4. The highest BCUT2D eigenvalue weighted by Crippen LogP contribution is 1.92. The number of aromatic nitrogens is 2. The number of aliphatic hydroxyl groups is 1. The van der Waals surface area contributed by atoms with Gasteiger partial charge in [-0.1, -0.05) is 0 Å². The van der Waals surface area contributed by atoms with E-state index in [0.29, 0.717) is 13.0 Å². The van der Waals surface area contributed by atoms with E-state index in [9.17, 15) is 9.59 Å². The van der Waals surface area contributed by atoms with Gasteiger partial charge in [0, 0.05) is 38.3 Å². The van der Waals surface area contributed by atoms with Crippen LogP contribution in [0.15, 0.2) is 18.7 Å². The molecule has 0 bridgehead atoms. The Balaban J connectivity index is 2.11. The van der Waals surface area contributed by atoms with Gasteiger partial charge in [0.15, 0.2) is 6.10 Å². The third kappa shape index (κ3) is 5.12. The van der Waals surface area contributed by atoms with Crippen molar-refractivity contribution in [3.63, 3.8) is 0 Å². The van der Waals surface area contributed by atoms with Crippen LogP contribution < -0.4 is 5.32 Å². The summed E-state index contributed by atoms with van der Waals surface area (Å²) in [4.78, 5) is 25.4. The Morgan fingerprint density at radius 3 is 2.82 bits per heavy atom. The van der Waals surface area contributed by atoms with Gasteiger partial charge in [-0.2, -0.15) is 0 Å². The molecule has 1 rings (SSSR count). The lowest BCUT2D eigenvalue weighted by Crippen LogP contribution is -2.30. The monoisotopic (exact) mass is 241 g/mol. The second-order valence-electron chi connectivity index (χ2n) is 3.54. The zero-order valence-electron chi connectivity index (χ0n) is 9.24. The van der Waals surface area contributed by atoms with E-state index in [2.05, 4.69) is 10.3 Å². The number of hydrogen-bond donors (Lipinski definition) is 3. The van der Waals surface area contributed by atoms with Crippen molar-refractivity contribution in [2.24, 2.45) is 0 Å². The first-order valence-electron chi connectivity index (χ1n) is 5.23. The van der Waals surface area contributed by atoms with Crippen LogP contribution in [0.1, 0.15) is 12.8 Å². The maximum Gasteiger partial charge on any atom is 0.332 e. The minimum absolute atomic E-state index is 0.00610. The van der Waals surface area contributed by atoms with Gasteiger partial charge in [-0.15, -0.1) is 0 Å². The number of rotatable bonds is 7. The van der Waals surface area contributed by atoms with E-state index >= 15 is 0 Å². The lowest BCUT2D eigenvalue weighted by molar-refractivity contribution is -0.147. The van der Waals surface area contributed by atoms with Crippen LogP contribution in [0.3, 0.4) is 0 Å². The van der Waals surface area contributed by atoms with Crippen LogP contribution in [0.2, 0.25) is 0 Å². The molecule has 94 valence electrons. The molecule has 0 aliphatic carbocycles. The van der Waals surface area contributed by atoms with Crippen LogP contribution in [0.4, 0.5) is 0 Å². The van der Waals surface area contributed by atoms with Crippen molar-refractivity contribution in [1.29, 1.82) is 0 Å². The van der Waals surface area contributed by atoms with Gasteiger partial charge in [0.25, 0.3) is 0 Å². The molecule has 7 heteroatoms. The number of nitrogens with zero attached hydrogens (tertiary/aromatic N) is 2. The number of aliphatic hydroxyl groups excluding tert-OH is 1. The standard InChI is InChI=1S/C10H15N3O4/c14-8(10(16)17)1-3-12-9(15)2-5-13-6-4-11-7-13/h4,6-8,14H,1-3,5H2,(H,12,15)(H,16,17). The van der Waals surface area contributed by atoms with Crippen LogP contribution in [-0.2, 0) is 16.1 Å². The summed E-state index contributed by atoms with van der Waals surface area (Å²) in [5.74, 6) is -1.46. The summed E-state index contributed by atoms with van der Waals surface area (Å²) < 4.78 is 1.77. The topological polar surface area (TPSA) is 104 Å². The van der Waals surface area contributed by atoms with Crippen molar-refractivity contribution >= 4 is 11.9 Å². The number of amides is 1. The summed E-state index contributed by atoms with van der Waals surface area (Å²) in [6.45, 7) is 0.670. The SMILES string of the molecule is O=C(CCn1ccnc1)NCCC(O)C(=O)O. The van der Waals surface area contributed by atoms with Gasteiger partial charge in [0.1, 0.15) is 0 Å². The summed E-state index contributed by atoms with van der Waals surface area (Å²) in [5, 5.41) is 19.9. The number of nitrogens with one attached hydrogen (secondary N) is 1. The highest BCUT2D eigenvalue weighted by atomic mass is 16.4. The Bertz CT molecular complexity index is 364. The summed E-state index contributed by atoms with van der Waals surface area (Å²) in [6, 6.07) is 0. The molecule has 0 spiro atoms. The molecule has 7 nitrogen and oxygen atoms in total. The molecule has 0 radical (unpaired) electrons. The quantitative estimate of drug-likeness (QED) is 0.581. The molecule has 1 heterocycles. The zero-order valence-corrected chi connectivity index (χ0v) is 9.24. The minimum atomic E-state index is -1.43. The van der Waals surface area contributed by atoms with Gasteiger partial charge < -0.3 is 20.1 Å². The fourth-order valence-electron chi connectivity index (χ4n) is 1.21. The molecule has 0 aromatic carbocycles. The van der Waals surface area contributed by atoms with Crippen molar-refractivity contribution in [3.8, 4) is 0 Å². The van der Waals surface area contributed by atoms with Gasteiger partial charge in [-0.25, -0.2) is 9.78 Å². The van der Waals surface area contributed by atoms with Crippen molar-refractivity contribution in [3.05, 3.63) is 18.7 Å². The van der Waals surface area contributed by atoms with E-state index < -0.39 is 12.1 Å². The van der Waals surface area contributed by atoms with Gasteiger partial charge >= 0.3 is 5.97 Å². The molecular weight excluding hydrogens is 226 g/mol. The molecule has 0 aliphatic rings. The second-order valence-corrected chi connectivity index (χ2v) is 3.54. The second kappa shape index (κ2) is 6.64. The third-order valence-electron chi connectivity index (χ3n) is 2.18. The number of carbonyl (C=O) groups excluding carboxylic acids is 1. The highest BCUT2D eigenvalue weighted by molar-refractivity contribution is 5.76. The molecule has 3 N–H and O–H groups in total. The Morgan fingerprint density at radius 2 is 2.24 bits per heavy atom. The predicted octanol–water partition coefficient (Wildman–Crippen LogP) is -0.775.